The van der Waals surface area contributed by atoms with Crippen LogP contribution in [-0.2, 0) is 10.0 Å². The third kappa shape index (κ3) is 4.31. The van der Waals surface area contributed by atoms with E-state index < -0.39 is 15.9 Å². The lowest BCUT2D eigenvalue weighted by Crippen LogP contribution is -2.15. The predicted molar refractivity (Wildman–Crippen MR) is 107 cm³/mol. The first-order valence-corrected chi connectivity index (χ1v) is 10.6. The molecule has 0 fully saturated rings. The molecule has 4 aromatic rings. The van der Waals surface area contributed by atoms with Crippen molar-refractivity contribution in [3.8, 4) is 10.8 Å². The second-order valence-corrected chi connectivity index (χ2v) is 8.21. The minimum absolute atomic E-state index is 0.0108. The number of nitrogens with zero attached hydrogens (tertiary/aromatic N) is 3. The lowest BCUT2D eigenvalue weighted by molar-refractivity contribution is 0.102. The van der Waals surface area contributed by atoms with Crippen LogP contribution in [0.4, 0.5) is 11.6 Å². The molecule has 1 aromatic carbocycles. The molecule has 0 atom stereocenters. The highest BCUT2D eigenvalue weighted by atomic mass is 32.2. The molecule has 0 saturated carbocycles. The van der Waals surface area contributed by atoms with Crippen molar-refractivity contribution in [1.29, 1.82) is 0 Å². The Bertz CT molecular complexity index is 1220. The summed E-state index contributed by atoms with van der Waals surface area (Å²) >= 11 is 1.29. The number of anilines is 2. The average Bonchev–Trinajstić information content (AvgIpc) is 3.41. The summed E-state index contributed by atoms with van der Waals surface area (Å²) in [5, 5.41) is 4.89. The molecule has 0 unspecified atom stereocenters. The van der Waals surface area contributed by atoms with Crippen LogP contribution in [0.15, 0.2) is 75.8 Å². The molecular weight excluding hydrogens is 414 g/mol. The van der Waals surface area contributed by atoms with Gasteiger partial charge in [-0.05, 0) is 42.5 Å². The molecule has 2 N–H and O–H groups in total. The average molecular weight is 427 g/mol. The van der Waals surface area contributed by atoms with Crippen molar-refractivity contribution in [3.63, 3.8) is 0 Å². The standard InChI is InChI=1S/C18H13N5O4S2/c24-16(14-11-28-17(22-14)15-3-1-10-27-15)21-12-4-6-13(7-5-12)29(25,26)23-18-19-8-2-9-20-18/h1-11H,(H,21,24)(H,19,20,23). The zero-order valence-electron chi connectivity index (χ0n) is 14.6. The summed E-state index contributed by atoms with van der Waals surface area (Å²) in [4.78, 5) is 24.3. The SMILES string of the molecule is O=C(Nc1ccc(S(=O)(=O)Nc2ncccn2)cc1)c1csc(-c2ccco2)n1. The summed E-state index contributed by atoms with van der Waals surface area (Å²) in [5.74, 6) is 0.143. The van der Waals surface area contributed by atoms with Crippen molar-refractivity contribution in [2.24, 2.45) is 0 Å². The van der Waals surface area contributed by atoms with E-state index in [0.717, 1.165) is 0 Å². The van der Waals surface area contributed by atoms with Crippen molar-refractivity contribution < 1.29 is 17.6 Å². The maximum atomic E-state index is 12.4. The molecule has 11 heteroatoms. The van der Waals surface area contributed by atoms with Crippen molar-refractivity contribution in [1.82, 2.24) is 15.0 Å². The minimum Gasteiger partial charge on any atom is -0.462 e. The van der Waals surface area contributed by atoms with E-state index in [9.17, 15) is 13.2 Å². The van der Waals surface area contributed by atoms with E-state index in [-0.39, 0.29) is 16.5 Å². The molecule has 0 spiro atoms. The third-order valence-corrected chi connectivity index (χ3v) is 5.88. The number of carbonyl (C=O) groups is 1. The van der Waals surface area contributed by atoms with E-state index in [1.165, 1.54) is 54.3 Å². The smallest absolute Gasteiger partial charge is 0.275 e. The highest BCUT2D eigenvalue weighted by Crippen LogP contribution is 2.24. The first kappa shape index (κ1) is 18.8. The van der Waals surface area contributed by atoms with Crippen molar-refractivity contribution >= 4 is 38.9 Å². The maximum absolute atomic E-state index is 12.4. The molecule has 0 aliphatic heterocycles. The number of thiazole rings is 1. The van der Waals surface area contributed by atoms with Gasteiger partial charge in [0.15, 0.2) is 10.8 Å². The zero-order chi connectivity index (χ0) is 20.3. The van der Waals surface area contributed by atoms with Crippen LogP contribution in [0.5, 0.6) is 0 Å². The van der Waals surface area contributed by atoms with Gasteiger partial charge in [0, 0.05) is 23.5 Å². The van der Waals surface area contributed by atoms with Crippen LogP contribution in [0.2, 0.25) is 0 Å². The van der Waals surface area contributed by atoms with Crippen LogP contribution < -0.4 is 10.0 Å². The summed E-state index contributed by atoms with van der Waals surface area (Å²) in [6.07, 6.45) is 4.39. The Hall–Kier alpha value is -3.57. The third-order valence-electron chi connectivity index (χ3n) is 3.68. The Kier molecular flexibility index (Phi) is 5.06. The van der Waals surface area contributed by atoms with Gasteiger partial charge in [-0.2, -0.15) is 0 Å². The van der Waals surface area contributed by atoms with Crippen LogP contribution in [0.3, 0.4) is 0 Å². The molecule has 0 bridgehead atoms. The number of benzene rings is 1. The van der Waals surface area contributed by atoms with Gasteiger partial charge in [-0.3, -0.25) is 4.79 Å². The fourth-order valence-corrected chi connectivity index (χ4v) is 4.06. The van der Waals surface area contributed by atoms with Crippen LogP contribution in [-0.4, -0.2) is 29.3 Å². The lowest BCUT2D eigenvalue weighted by atomic mass is 10.3. The number of aromatic nitrogens is 3. The minimum atomic E-state index is -3.84. The molecule has 0 aliphatic rings. The Morgan fingerprint density at radius 1 is 1.03 bits per heavy atom. The number of hydrogen-bond acceptors (Lipinski definition) is 8. The van der Waals surface area contributed by atoms with Crippen LogP contribution >= 0.6 is 11.3 Å². The molecule has 4 rings (SSSR count). The Balaban J connectivity index is 1.45. The fourth-order valence-electron chi connectivity index (χ4n) is 2.33. The van der Waals surface area contributed by atoms with Gasteiger partial charge in [-0.15, -0.1) is 11.3 Å². The largest absolute Gasteiger partial charge is 0.462 e. The highest BCUT2D eigenvalue weighted by Gasteiger charge is 2.17. The molecule has 0 aliphatic carbocycles. The number of amides is 1. The molecule has 0 radical (unpaired) electrons. The number of nitrogens with one attached hydrogen (secondary N) is 2. The van der Waals surface area contributed by atoms with Gasteiger partial charge in [-0.25, -0.2) is 28.1 Å². The number of hydrogen-bond donors (Lipinski definition) is 2. The molecule has 3 aromatic heterocycles. The van der Waals surface area contributed by atoms with Gasteiger partial charge in [0.25, 0.3) is 15.9 Å². The highest BCUT2D eigenvalue weighted by molar-refractivity contribution is 7.92. The van der Waals surface area contributed by atoms with Gasteiger partial charge in [0.2, 0.25) is 5.95 Å². The van der Waals surface area contributed by atoms with Crippen molar-refractivity contribution in [2.45, 2.75) is 4.90 Å². The quantitative estimate of drug-likeness (QED) is 0.483. The Morgan fingerprint density at radius 2 is 1.79 bits per heavy atom. The van der Waals surface area contributed by atoms with E-state index in [2.05, 4.69) is 25.0 Å². The van der Waals surface area contributed by atoms with Gasteiger partial charge in [0.05, 0.1) is 11.2 Å². The zero-order valence-corrected chi connectivity index (χ0v) is 16.3. The van der Waals surface area contributed by atoms with E-state index in [1.807, 2.05) is 0 Å². The number of sulfonamides is 1. The summed E-state index contributed by atoms with van der Waals surface area (Å²) < 4.78 is 32.3. The van der Waals surface area contributed by atoms with Crippen LogP contribution in [0.25, 0.3) is 10.8 Å². The van der Waals surface area contributed by atoms with E-state index in [0.29, 0.717) is 16.5 Å². The number of carbonyl (C=O) groups excluding carboxylic acids is 1. The monoisotopic (exact) mass is 427 g/mol. The first-order chi connectivity index (χ1) is 14.0. The maximum Gasteiger partial charge on any atom is 0.275 e. The van der Waals surface area contributed by atoms with Gasteiger partial charge in [0.1, 0.15) is 5.69 Å². The molecule has 0 saturated heterocycles. The lowest BCUT2D eigenvalue weighted by Gasteiger charge is -2.08. The summed E-state index contributed by atoms with van der Waals surface area (Å²) in [5.41, 5.74) is 0.665. The van der Waals surface area contributed by atoms with E-state index in [1.54, 1.807) is 23.6 Å². The second-order valence-electron chi connectivity index (χ2n) is 5.67. The first-order valence-electron chi connectivity index (χ1n) is 8.22. The molecular formula is C18H13N5O4S2. The molecule has 9 nitrogen and oxygen atoms in total. The molecule has 3 heterocycles. The van der Waals surface area contributed by atoms with Gasteiger partial charge in [-0.1, -0.05) is 0 Å². The topological polar surface area (TPSA) is 127 Å². The number of rotatable bonds is 6. The van der Waals surface area contributed by atoms with Gasteiger partial charge >= 0.3 is 0 Å². The van der Waals surface area contributed by atoms with Crippen molar-refractivity contribution in [3.05, 3.63) is 72.2 Å². The van der Waals surface area contributed by atoms with E-state index in [4.69, 9.17) is 4.42 Å². The predicted octanol–water partition coefficient (Wildman–Crippen LogP) is 3.25. The Labute approximate surface area is 169 Å². The van der Waals surface area contributed by atoms with Crippen molar-refractivity contribution in [2.75, 3.05) is 10.0 Å². The van der Waals surface area contributed by atoms with Crippen LogP contribution in [0, 0.1) is 0 Å². The van der Waals surface area contributed by atoms with Gasteiger partial charge < -0.3 is 9.73 Å². The molecule has 146 valence electrons. The normalized spacial score (nSPS) is 11.2. The fraction of sp³-hybridized carbons (Fsp3) is 0. The Morgan fingerprint density at radius 3 is 2.48 bits per heavy atom. The molecule has 1 amide bonds. The summed E-state index contributed by atoms with van der Waals surface area (Å²) in [6, 6.07) is 10.8. The number of furan rings is 1. The summed E-state index contributed by atoms with van der Waals surface area (Å²) in [6.45, 7) is 0. The summed E-state index contributed by atoms with van der Waals surface area (Å²) in [7, 11) is -3.84. The van der Waals surface area contributed by atoms with E-state index >= 15 is 0 Å². The second kappa shape index (κ2) is 7.81. The molecule has 29 heavy (non-hydrogen) atoms. The van der Waals surface area contributed by atoms with Crippen LogP contribution in [0.1, 0.15) is 10.5 Å².